The molecule has 0 radical (unpaired) electrons. The second kappa shape index (κ2) is 6.61. The lowest BCUT2D eigenvalue weighted by molar-refractivity contribution is -0.137. The summed E-state index contributed by atoms with van der Waals surface area (Å²) in [5, 5.41) is 2.84. The van der Waals surface area contributed by atoms with Gasteiger partial charge in [-0.25, -0.2) is 9.78 Å². The number of para-hydroxylation sites is 1. The molecule has 1 aromatic heterocycles. The molecule has 1 aliphatic heterocycles. The number of likely N-dealkylation sites (tertiary alicyclic amines) is 1. The maximum atomic E-state index is 12.9. The first-order valence-electron chi connectivity index (χ1n) is 8.58. The van der Waals surface area contributed by atoms with E-state index in [2.05, 4.69) is 15.3 Å². The lowest BCUT2D eigenvalue weighted by Gasteiger charge is -2.17. The topological polar surface area (TPSA) is 61.0 Å². The van der Waals surface area contributed by atoms with E-state index in [1.807, 2.05) is 30.3 Å². The van der Waals surface area contributed by atoms with Gasteiger partial charge in [0.2, 0.25) is 0 Å². The number of alkyl halides is 3. The monoisotopic (exact) mass is 374 g/mol. The number of amides is 2. The molecule has 3 aromatic rings. The molecule has 5 nitrogen and oxygen atoms in total. The van der Waals surface area contributed by atoms with Crippen LogP contribution in [-0.2, 0) is 6.18 Å². The normalized spacial score (nSPS) is 17.4. The van der Waals surface area contributed by atoms with Crippen molar-refractivity contribution >= 4 is 22.8 Å². The van der Waals surface area contributed by atoms with Crippen molar-refractivity contribution in [1.82, 2.24) is 14.9 Å². The van der Waals surface area contributed by atoms with Gasteiger partial charge in [0, 0.05) is 24.7 Å². The Balaban J connectivity index is 1.47. The minimum Gasteiger partial charge on any atom is -0.342 e. The van der Waals surface area contributed by atoms with E-state index in [9.17, 15) is 18.0 Å². The SMILES string of the molecule is O=C(Nc1ccccc1)N1CCC(c2nc3ccc(C(F)(F)F)cc3[nH]2)C1. The van der Waals surface area contributed by atoms with Gasteiger partial charge in [0.1, 0.15) is 5.82 Å². The fourth-order valence-electron chi connectivity index (χ4n) is 3.29. The van der Waals surface area contributed by atoms with Gasteiger partial charge < -0.3 is 15.2 Å². The highest BCUT2D eigenvalue weighted by Gasteiger charge is 2.32. The quantitative estimate of drug-likeness (QED) is 0.689. The molecule has 2 aromatic carbocycles. The number of aromatic nitrogens is 2. The van der Waals surface area contributed by atoms with Crippen LogP contribution in [0.2, 0.25) is 0 Å². The van der Waals surface area contributed by atoms with E-state index >= 15 is 0 Å². The van der Waals surface area contributed by atoms with Crippen molar-refractivity contribution in [3.63, 3.8) is 0 Å². The zero-order valence-corrected chi connectivity index (χ0v) is 14.3. The number of halogens is 3. The number of hydrogen-bond acceptors (Lipinski definition) is 2. The molecule has 140 valence electrons. The fourth-order valence-corrected chi connectivity index (χ4v) is 3.29. The molecule has 2 amide bonds. The van der Waals surface area contributed by atoms with E-state index in [-0.39, 0.29) is 11.9 Å². The van der Waals surface area contributed by atoms with Gasteiger partial charge in [-0.3, -0.25) is 0 Å². The average molecular weight is 374 g/mol. The standard InChI is InChI=1S/C19H17F3N4O/c20-19(21,22)13-6-7-15-16(10-13)25-17(24-15)12-8-9-26(11-12)18(27)23-14-4-2-1-3-5-14/h1-7,10,12H,8-9,11H2,(H,23,27)(H,24,25). The molecule has 1 fully saturated rings. The molecule has 0 aliphatic carbocycles. The van der Waals surface area contributed by atoms with Gasteiger partial charge in [0.25, 0.3) is 0 Å². The number of H-pyrrole nitrogens is 1. The number of imidazole rings is 1. The summed E-state index contributed by atoms with van der Waals surface area (Å²) in [5.74, 6) is 0.576. The van der Waals surface area contributed by atoms with Crippen LogP contribution >= 0.6 is 0 Å². The maximum Gasteiger partial charge on any atom is 0.416 e. The van der Waals surface area contributed by atoms with Gasteiger partial charge >= 0.3 is 12.2 Å². The first-order chi connectivity index (χ1) is 12.9. The third-order valence-corrected chi connectivity index (χ3v) is 4.71. The highest BCUT2D eigenvalue weighted by atomic mass is 19.4. The highest BCUT2D eigenvalue weighted by Crippen LogP contribution is 2.32. The minimum atomic E-state index is -4.39. The van der Waals surface area contributed by atoms with Crippen molar-refractivity contribution < 1.29 is 18.0 Å². The average Bonchev–Trinajstić information content (AvgIpc) is 3.28. The predicted octanol–water partition coefficient (Wildman–Crippen LogP) is 4.60. The molecule has 2 N–H and O–H groups in total. The summed E-state index contributed by atoms with van der Waals surface area (Å²) < 4.78 is 38.6. The second-order valence-electron chi connectivity index (χ2n) is 6.58. The molecule has 27 heavy (non-hydrogen) atoms. The van der Waals surface area contributed by atoms with E-state index in [0.29, 0.717) is 36.4 Å². The van der Waals surface area contributed by atoms with Crippen molar-refractivity contribution in [3.8, 4) is 0 Å². The smallest absolute Gasteiger partial charge is 0.342 e. The van der Waals surface area contributed by atoms with Crippen molar-refractivity contribution in [2.24, 2.45) is 0 Å². The molecule has 0 bridgehead atoms. The van der Waals surface area contributed by atoms with Gasteiger partial charge in [0.15, 0.2) is 0 Å². The van der Waals surface area contributed by atoms with Gasteiger partial charge in [0.05, 0.1) is 16.6 Å². The first kappa shape index (κ1) is 17.4. The number of nitrogens with one attached hydrogen (secondary N) is 2. The van der Waals surface area contributed by atoms with Gasteiger partial charge in [-0.05, 0) is 36.8 Å². The molecule has 1 saturated heterocycles. The molecule has 1 atom stereocenters. The number of carbonyl (C=O) groups is 1. The summed E-state index contributed by atoms with van der Waals surface area (Å²) in [5.41, 5.74) is 0.854. The molecular formula is C19H17F3N4O. The zero-order valence-electron chi connectivity index (χ0n) is 14.3. The molecular weight excluding hydrogens is 357 g/mol. The second-order valence-corrected chi connectivity index (χ2v) is 6.58. The van der Waals surface area contributed by atoms with E-state index in [4.69, 9.17) is 0 Å². The van der Waals surface area contributed by atoms with Gasteiger partial charge in [-0.1, -0.05) is 18.2 Å². The summed E-state index contributed by atoms with van der Waals surface area (Å²) in [6.07, 6.45) is -3.69. The minimum absolute atomic E-state index is 0.0340. The summed E-state index contributed by atoms with van der Waals surface area (Å²) in [6.45, 7) is 1.03. The molecule has 8 heteroatoms. The van der Waals surface area contributed by atoms with Crippen molar-refractivity contribution in [1.29, 1.82) is 0 Å². The first-order valence-corrected chi connectivity index (χ1v) is 8.58. The van der Waals surface area contributed by atoms with Crippen LogP contribution in [0.5, 0.6) is 0 Å². The molecule has 1 aliphatic rings. The maximum absolute atomic E-state index is 12.9. The zero-order chi connectivity index (χ0) is 19.0. The van der Waals surface area contributed by atoms with Crippen LogP contribution in [0, 0.1) is 0 Å². The largest absolute Gasteiger partial charge is 0.416 e. The lowest BCUT2D eigenvalue weighted by atomic mass is 10.1. The molecule has 0 saturated carbocycles. The number of urea groups is 1. The van der Waals surface area contributed by atoms with Crippen LogP contribution in [0.3, 0.4) is 0 Å². The Hall–Kier alpha value is -3.03. The molecule has 1 unspecified atom stereocenters. The summed E-state index contributed by atoms with van der Waals surface area (Å²) in [7, 11) is 0. The Bertz CT molecular complexity index is 968. The van der Waals surface area contributed by atoms with Crippen molar-refractivity contribution in [2.45, 2.75) is 18.5 Å². The van der Waals surface area contributed by atoms with Crippen LogP contribution in [0.25, 0.3) is 11.0 Å². The number of aromatic amines is 1. The summed E-state index contributed by atoms with van der Waals surface area (Å²) in [4.78, 5) is 21.5. The predicted molar refractivity (Wildman–Crippen MR) is 95.5 cm³/mol. The van der Waals surface area contributed by atoms with Crippen molar-refractivity contribution in [2.75, 3.05) is 18.4 Å². The van der Waals surface area contributed by atoms with Crippen molar-refractivity contribution in [3.05, 3.63) is 59.9 Å². The Kier molecular flexibility index (Phi) is 4.25. The Morgan fingerprint density at radius 3 is 2.70 bits per heavy atom. The van der Waals surface area contributed by atoms with E-state index in [1.54, 1.807) is 4.90 Å². The number of hydrogen-bond donors (Lipinski definition) is 2. The molecule has 4 rings (SSSR count). The van der Waals surface area contributed by atoms with Crippen LogP contribution in [0.4, 0.5) is 23.7 Å². The summed E-state index contributed by atoms with van der Waals surface area (Å²) in [6, 6.07) is 12.4. The Morgan fingerprint density at radius 2 is 1.96 bits per heavy atom. The molecule has 0 spiro atoms. The number of rotatable bonds is 2. The van der Waals surface area contributed by atoms with Crippen LogP contribution in [0.15, 0.2) is 48.5 Å². The Morgan fingerprint density at radius 1 is 1.19 bits per heavy atom. The summed E-state index contributed by atoms with van der Waals surface area (Å²) >= 11 is 0. The van der Waals surface area contributed by atoms with E-state index < -0.39 is 11.7 Å². The van der Waals surface area contributed by atoms with Gasteiger partial charge in [-0.15, -0.1) is 0 Å². The number of benzene rings is 2. The Labute approximate surface area is 153 Å². The number of carbonyl (C=O) groups excluding carboxylic acids is 1. The van der Waals surface area contributed by atoms with E-state index in [1.165, 1.54) is 6.07 Å². The molecule has 2 heterocycles. The van der Waals surface area contributed by atoms with Gasteiger partial charge in [-0.2, -0.15) is 13.2 Å². The highest BCUT2D eigenvalue weighted by molar-refractivity contribution is 5.89. The number of anilines is 1. The van der Waals surface area contributed by atoms with Crippen LogP contribution < -0.4 is 5.32 Å². The third kappa shape index (κ3) is 3.60. The lowest BCUT2D eigenvalue weighted by Crippen LogP contribution is -2.32. The van der Waals surface area contributed by atoms with Crippen LogP contribution in [0.1, 0.15) is 23.7 Å². The van der Waals surface area contributed by atoms with Crippen LogP contribution in [-0.4, -0.2) is 34.0 Å². The third-order valence-electron chi connectivity index (χ3n) is 4.71. The fraction of sp³-hybridized carbons (Fsp3) is 0.263. The number of nitrogens with zero attached hydrogens (tertiary/aromatic N) is 2. The number of fused-ring (bicyclic) bond motifs is 1. The van der Waals surface area contributed by atoms with E-state index in [0.717, 1.165) is 17.8 Å².